The smallest absolute Gasteiger partial charge is 0.221 e. The van der Waals surface area contributed by atoms with E-state index in [1.807, 2.05) is 18.8 Å². The predicted molar refractivity (Wildman–Crippen MR) is 80.0 cm³/mol. The molecule has 1 rings (SSSR count). The zero-order chi connectivity index (χ0) is 13.4. The molecular weight excluding hydrogens is 244 g/mol. The average molecular weight is 272 g/mol. The van der Waals surface area contributed by atoms with Crippen LogP contribution in [0.5, 0.6) is 0 Å². The molecule has 0 radical (unpaired) electrons. The van der Waals surface area contributed by atoms with E-state index in [1.54, 1.807) is 0 Å². The first kappa shape index (κ1) is 15.8. The molecule has 3 nitrogen and oxygen atoms in total. The van der Waals surface area contributed by atoms with Gasteiger partial charge in [0.2, 0.25) is 5.91 Å². The first-order chi connectivity index (χ1) is 8.62. The minimum atomic E-state index is 0.0606. The molecule has 1 aliphatic carbocycles. The second kappa shape index (κ2) is 8.05. The molecule has 0 spiro atoms. The van der Waals surface area contributed by atoms with Crippen molar-refractivity contribution in [3.05, 3.63) is 0 Å². The minimum Gasteiger partial charge on any atom is -0.356 e. The lowest BCUT2D eigenvalue weighted by atomic mass is 9.79. The quantitative estimate of drug-likeness (QED) is 0.748. The highest BCUT2D eigenvalue weighted by Gasteiger charge is 2.32. The number of amides is 1. The Morgan fingerprint density at radius 2 is 2.00 bits per heavy atom. The summed E-state index contributed by atoms with van der Waals surface area (Å²) in [6.45, 7) is 2.99. The first-order valence-corrected chi connectivity index (χ1v) is 8.46. The molecule has 106 valence electrons. The van der Waals surface area contributed by atoms with E-state index in [0.29, 0.717) is 12.3 Å². The predicted octanol–water partition coefficient (Wildman–Crippen LogP) is 2.41. The van der Waals surface area contributed by atoms with Gasteiger partial charge in [0.05, 0.1) is 0 Å². The van der Waals surface area contributed by atoms with Crippen LogP contribution < -0.4 is 10.6 Å². The van der Waals surface area contributed by atoms with Gasteiger partial charge in [-0.05, 0) is 37.8 Å². The lowest BCUT2D eigenvalue weighted by Gasteiger charge is -2.36. The molecule has 0 aromatic carbocycles. The second-order valence-electron chi connectivity index (χ2n) is 5.63. The van der Waals surface area contributed by atoms with Crippen LogP contribution in [0.2, 0.25) is 0 Å². The molecule has 0 bridgehead atoms. The standard InChI is InChI=1S/C14H28N2OS/c1-12(11-18-3)10-16-13(17)9-14(15-2)7-5-4-6-8-14/h12,15H,4-11H2,1-3H3,(H,16,17). The van der Waals surface area contributed by atoms with Gasteiger partial charge in [-0.1, -0.05) is 26.2 Å². The van der Waals surface area contributed by atoms with Gasteiger partial charge in [-0.3, -0.25) is 4.79 Å². The molecular formula is C14H28N2OS. The summed E-state index contributed by atoms with van der Waals surface area (Å²) >= 11 is 1.84. The molecule has 1 amide bonds. The van der Waals surface area contributed by atoms with Crippen LogP contribution in [0.25, 0.3) is 0 Å². The van der Waals surface area contributed by atoms with Crippen LogP contribution >= 0.6 is 11.8 Å². The lowest BCUT2D eigenvalue weighted by molar-refractivity contribution is -0.123. The molecule has 0 heterocycles. The fourth-order valence-electron chi connectivity index (χ4n) is 2.75. The number of rotatable bonds is 7. The van der Waals surface area contributed by atoms with E-state index < -0.39 is 0 Å². The summed E-state index contributed by atoms with van der Waals surface area (Å²) in [6.07, 6.45) is 8.82. The van der Waals surface area contributed by atoms with Gasteiger partial charge in [0.1, 0.15) is 0 Å². The van der Waals surface area contributed by atoms with Gasteiger partial charge in [-0.25, -0.2) is 0 Å². The third kappa shape index (κ3) is 5.19. The number of carbonyl (C=O) groups excluding carboxylic acids is 1. The van der Waals surface area contributed by atoms with Gasteiger partial charge in [0.25, 0.3) is 0 Å². The maximum atomic E-state index is 12.0. The van der Waals surface area contributed by atoms with E-state index in [1.165, 1.54) is 19.3 Å². The Morgan fingerprint density at radius 1 is 1.33 bits per heavy atom. The average Bonchev–Trinajstić information content (AvgIpc) is 2.38. The highest BCUT2D eigenvalue weighted by atomic mass is 32.2. The Kier molecular flexibility index (Phi) is 7.08. The van der Waals surface area contributed by atoms with Crippen molar-refractivity contribution in [1.29, 1.82) is 0 Å². The van der Waals surface area contributed by atoms with Gasteiger partial charge >= 0.3 is 0 Å². The third-order valence-electron chi connectivity index (χ3n) is 3.94. The Labute approximate surface area is 116 Å². The molecule has 18 heavy (non-hydrogen) atoms. The normalized spacial score (nSPS) is 20.4. The van der Waals surface area contributed by atoms with E-state index in [9.17, 15) is 4.79 Å². The van der Waals surface area contributed by atoms with Gasteiger partial charge < -0.3 is 10.6 Å². The molecule has 0 aliphatic heterocycles. The van der Waals surface area contributed by atoms with Crippen molar-refractivity contribution >= 4 is 17.7 Å². The van der Waals surface area contributed by atoms with Crippen molar-refractivity contribution in [1.82, 2.24) is 10.6 Å². The van der Waals surface area contributed by atoms with Crippen LogP contribution in [0, 0.1) is 5.92 Å². The second-order valence-corrected chi connectivity index (χ2v) is 6.54. The number of carbonyl (C=O) groups is 1. The first-order valence-electron chi connectivity index (χ1n) is 7.06. The molecule has 2 N–H and O–H groups in total. The molecule has 0 aromatic heterocycles. The van der Waals surface area contributed by atoms with Crippen molar-refractivity contribution < 1.29 is 4.79 Å². The van der Waals surface area contributed by atoms with Crippen LogP contribution in [0.4, 0.5) is 0 Å². The number of hydrogen-bond acceptors (Lipinski definition) is 3. The molecule has 1 aliphatic rings. The van der Waals surface area contributed by atoms with Crippen LogP contribution in [0.3, 0.4) is 0 Å². The van der Waals surface area contributed by atoms with Crippen molar-refractivity contribution in [3.8, 4) is 0 Å². The van der Waals surface area contributed by atoms with E-state index in [4.69, 9.17) is 0 Å². The summed E-state index contributed by atoms with van der Waals surface area (Å²) in [5, 5.41) is 6.48. The zero-order valence-corrected chi connectivity index (χ0v) is 12.9. The largest absolute Gasteiger partial charge is 0.356 e. The third-order valence-corrected chi connectivity index (χ3v) is 4.84. The van der Waals surface area contributed by atoms with Crippen molar-refractivity contribution in [2.24, 2.45) is 5.92 Å². The van der Waals surface area contributed by atoms with Gasteiger partial charge in [0, 0.05) is 18.5 Å². The molecule has 1 unspecified atom stereocenters. The summed E-state index contributed by atoms with van der Waals surface area (Å²) in [5.74, 6) is 1.87. The molecule has 4 heteroatoms. The van der Waals surface area contributed by atoms with E-state index >= 15 is 0 Å². The molecule has 0 saturated heterocycles. The Hall–Kier alpha value is -0.220. The van der Waals surface area contributed by atoms with Gasteiger partial charge in [0.15, 0.2) is 0 Å². The monoisotopic (exact) mass is 272 g/mol. The molecule has 1 atom stereocenters. The van der Waals surface area contributed by atoms with Crippen LogP contribution in [0.1, 0.15) is 45.4 Å². The Morgan fingerprint density at radius 3 is 2.56 bits per heavy atom. The number of thioether (sulfide) groups is 1. The summed E-state index contributed by atoms with van der Waals surface area (Å²) in [5.41, 5.74) is 0.0606. The fourth-order valence-corrected chi connectivity index (χ4v) is 3.43. The lowest BCUT2D eigenvalue weighted by Crippen LogP contribution is -2.48. The SMILES string of the molecule is CNC1(CC(=O)NCC(C)CSC)CCCCC1. The van der Waals surface area contributed by atoms with Crippen LogP contribution in [-0.4, -0.2) is 37.0 Å². The van der Waals surface area contributed by atoms with Crippen LogP contribution in [-0.2, 0) is 4.79 Å². The maximum Gasteiger partial charge on any atom is 0.221 e. The summed E-state index contributed by atoms with van der Waals surface area (Å²) in [6, 6.07) is 0. The summed E-state index contributed by atoms with van der Waals surface area (Å²) in [7, 11) is 1.99. The van der Waals surface area contributed by atoms with Crippen molar-refractivity contribution in [3.63, 3.8) is 0 Å². The van der Waals surface area contributed by atoms with Crippen molar-refractivity contribution in [2.45, 2.75) is 51.0 Å². The van der Waals surface area contributed by atoms with Gasteiger partial charge in [-0.15, -0.1) is 0 Å². The van der Waals surface area contributed by atoms with Crippen molar-refractivity contribution in [2.75, 3.05) is 25.6 Å². The Bertz CT molecular complexity index is 252. The van der Waals surface area contributed by atoms with E-state index in [0.717, 1.165) is 25.1 Å². The van der Waals surface area contributed by atoms with Gasteiger partial charge in [-0.2, -0.15) is 11.8 Å². The van der Waals surface area contributed by atoms with E-state index in [2.05, 4.69) is 23.8 Å². The molecule has 1 fully saturated rings. The Balaban J connectivity index is 2.33. The topological polar surface area (TPSA) is 41.1 Å². The highest BCUT2D eigenvalue weighted by molar-refractivity contribution is 7.98. The van der Waals surface area contributed by atoms with Crippen LogP contribution in [0.15, 0.2) is 0 Å². The zero-order valence-electron chi connectivity index (χ0n) is 12.1. The fraction of sp³-hybridized carbons (Fsp3) is 0.929. The molecule has 1 saturated carbocycles. The summed E-state index contributed by atoms with van der Waals surface area (Å²) in [4.78, 5) is 12.0. The number of nitrogens with one attached hydrogen (secondary N) is 2. The minimum absolute atomic E-state index is 0.0606. The summed E-state index contributed by atoms with van der Waals surface area (Å²) < 4.78 is 0. The van der Waals surface area contributed by atoms with E-state index in [-0.39, 0.29) is 11.4 Å². The molecule has 0 aromatic rings. The number of hydrogen-bond donors (Lipinski definition) is 2. The highest BCUT2D eigenvalue weighted by Crippen LogP contribution is 2.30. The maximum absolute atomic E-state index is 12.0.